The molecule has 0 saturated heterocycles. The van der Waals surface area contributed by atoms with Crippen molar-refractivity contribution >= 4 is 5.91 Å². The van der Waals surface area contributed by atoms with Crippen LogP contribution in [0.25, 0.3) is 0 Å². The summed E-state index contributed by atoms with van der Waals surface area (Å²) in [6.07, 6.45) is 0.354. The minimum Gasteiger partial charge on any atom is -0.394 e. The van der Waals surface area contributed by atoms with Crippen molar-refractivity contribution < 1.29 is 15.0 Å². The predicted octanol–water partition coefficient (Wildman–Crippen LogP) is -1.93. The maximum Gasteiger partial charge on any atom is 0.221 e. The summed E-state index contributed by atoms with van der Waals surface area (Å²) in [5, 5.41) is 22.5. The molecule has 0 bridgehead atoms. The number of aliphatic hydroxyl groups excluding tert-OH is 2. The van der Waals surface area contributed by atoms with E-state index in [1.165, 1.54) is 0 Å². The Bertz CT molecular complexity index is 126. The molecule has 5 nitrogen and oxygen atoms in total. The van der Waals surface area contributed by atoms with Crippen LogP contribution in [-0.4, -0.2) is 49.0 Å². The Morgan fingerprint density at radius 2 is 2.00 bits per heavy atom. The van der Waals surface area contributed by atoms with E-state index in [9.17, 15) is 4.79 Å². The molecule has 5 heteroatoms. The highest BCUT2D eigenvalue weighted by Crippen LogP contribution is 1.82. The molecule has 12 heavy (non-hydrogen) atoms. The Kier molecular flexibility index (Phi) is 6.64. The van der Waals surface area contributed by atoms with Crippen molar-refractivity contribution in [1.82, 2.24) is 10.6 Å². The Hall–Kier alpha value is -0.650. The van der Waals surface area contributed by atoms with Gasteiger partial charge in [0.05, 0.1) is 19.3 Å². The molecule has 0 aromatic carbocycles. The Balaban J connectivity index is 3.52. The molecule has 0 saturated carbocycles. The van der Waals surface area contributed by atoms with Crippen LogP contribution in [0.4, 0.5) is 0 Å². The second-order valence-corrected chi connectivity index (χ2v) is 2.48. The lowest BCUT2D eigenvalue weighted by Gasteiger charge is -2.12. The van der Waals surface area contributed by atoms with E-state index in [-0.39, 0.29) is 19.1 Å². The van der Waals surface area contributed by atoms with Gasteiger partial charge in [-0.1, -0.05) is 0 Å². The highest BCUT2D eigenvalue weighted by molar-refractivity contribution is 5.76. The van der Waals surface area contributed by atoms with Crippen molar-refractivity contribution in [2.75, 3.05) is 26.8 Å². The molecule has 0 aromatic rings. The Labute approximate surface area is 71.8 Å². The van der Waals surface area contributed by atoms with Crippen LogP contribution >= 0.6 is 0 Å². The van der Waals surface area contributed by atoms with Gasteiger partial charge in [0, 0.05) is 13.0 Å². The molecule has 1 amide bonds. The van der Waals surface area contributed by atoms with Gasteiger partial charge >= 0.3 is 0 Å². The summed E-state index contributed by atoms with van der Waals surface area (Å²) in [7, 11) is 1.75. The molecule has 0 fully saturated rings. The van der Waals surface area contributed by atoms with Crippen LogP contribution in [0.1, 0.15) is 6.42 Å². The first-order valence-electron chi connectivity index (χ1n) is 3.90. The maximum absolute atomic E-state index is 11.0. The van der Waals surface area contributed by atoms with Crippen molar-refractivity contribution in [3.63, 3.8) is 0 Å². The summed E-state index contributed by atoms with van der Waals surface area (Å²) in [5.41, 5.74) is 0. The molecular formula is C7H16N2O3. The number of aliphatic hydroxyl groups is 2. The molecule has 0 rings (SSSR count). The average molecular weight is 176 g/mol. The average Bonchev–Trinajstić information content (AvgIpc) is 2.10. The van der Waals surface area contributed by atoms with Gasteiger partial charge in [-0.2, -0.15) is 0 Å². The third-order valence-corrected chi connectivity index (χ3v) is 1.41. The quantitative estimate of drug-likeness (QED) is 0.380. The fourth-order valence-corrected chi connectivity index (χ4v) is 0.687. The number of hydrogen-bond donors (Lipinski definition) is 4. The van der Waals surface area contributed by atoms with Gasteiger partial charge in [-0.3, -0.25) is 4.79 Å². The first kappa shape index (κ1) is 11.4. The lowest BCUT2D eigenvalue weighted by molar-refractivity contribution is -0.122. The molecule has 0 atom stereocenters. The fraction of sp³-hybridized carbons (Fsp3) is 0.857. The predicted molar refractivity (Wildman–Crippen MR) is 44.6 cm³/mol. The zero-order chi connectivity index (χ0) is 9.40. The highest BCUT2D eigenvalue weighted by Gasteiger charge is 2.08. The van der Waals surface area contributed by atoms with Crippen molar-refractivity contribution in [2.45, 2.75) is 12.5 Å². The molecule has 0 spiro atoms. The summed E-state index contributed by atoms with van der Waals surface area (Å²) in [4.78, 5) is 11.0. The van der Waals surface area contributed by atoms with Crippen LogP contribution in [0, 0.1) is 0 Å². The van der Waals surface area contributed by atoms with Crippen LogP contribution in [0.5, 0.6) is 0 Å². The van der Waals surface area contributed by atoms with Gasteiger partial charge in [0.2, 0.25) is 5.91 Å². The summed E-state index contributed by atoms with van der Waals surface area (Å²) < 4.78 is 0. The minimum absolute atomic E-state index is 0.169. The Morgan fingerprint density at radius 1 is 1.42 bits per heavy atom. The summed E-state index contributed by atoms with van der Waals surface area (Å²) in [6, 6.07) is -0.533. The number of carbonyl (C=O) groups excluding carboxylic acids is 1. The fourth-order valence-electron chi connectivity index (χ4n) is 0.687. The van der Waals surface area contributed by atoms with Crippen LogP contribution in [0.15, 0.2) is 0 Å². The van der Waals surface area contributed by atoms with Gasteiger partial charge in [-0.15, -0.1) is 0 Å². The monoisotopic (exact) mass is 176 g/mol. The highest BCUT2D eigenvalue weighted by atomic mass is 16.3. The van der Waals surface area contributed by atoms with Crippen molar-refractivity contribution in [1.29, 1.82) is 0 Å². The molecule has 0 aliphatic rings. The first-order valence-corrected chi connectivity index (χ1v) is 3.90. The van der Waals surface area contributed by atoms with E-state index in [0.29, 0.717) is 13.0 Å². The van der Waals surface area contributed by atoms with E-state index in [2.05, 4.69) is 10.6 Å². The standard InChI is InChI=1S/C7H16N2O3/c1-8-3-2-7(12)9-6(4-10)5-11/h6,8,10-11H,2-5H2,1H3,(H,9,12). The molecule has 0 aliphatic heterocycles. The topological polar surface area (TPSA) is 81.6 Å². The van der Waals surface area contributed by atoms with Gasteiger partial charge in [-0.05, 0) is 7.05 Å². The number of nitrogens with one attached hydrogen (secondary N) is 2. The van der Waals surface area contributed by atoms with Gasteiger partial charge in [-0.25, -0.2) is 0 Å². The van der Waals surface area contributed by atoms with E-state index in [4.69, 9.17) is 10.2 Å². The molecule has 4 N–H and O–H groups in total. The van der Waals surface area contributed by atoms with Gasteiger partial charge in [0.15, 0.2) is 0 Å². The van der Waals surface area contributed by atoms with Crippen LogP contribution in [0.3, 0.4) is 0 Å². The van der Waals surface area contributed by atoms with E-state index >= 15 is 0 Å². The zero-order valence-corrected chi connectivity index (χ0v) is 7.21. The molecular weight excluding hydrogens is 160 g/mol. The van der Waals surface area contributed by atoms with Gasteiger partial charge in [0.25, 0.3) is 0 Å². The number of rotatable bonds is 6. The molecule has 0 heterocycles. The maximum atomic E-state index is 11.0. The number of hydrogen-bond acceptors (Lipinski definition) is 4. The third-order valence-electron chi connectivity index (χ3n) is 1.41. The lowest BCUT2D eigenvalue weighted by Crippen LogP contribution is -2.40. The molecule has 0 aromatic heterocycles. The molecule has 0 unspecified atom stereocenters. The second kappa shape index (κ2) is 7.02. The minimum atomic E-state index is -0.533. The normalized spacial score (nSPS) is 10.3. The van der Waals surface area contributed by atoms with Crippen molar-refractivity contribution in [3.8, 4) is 0 Å². The second-order valence-electron chi connectivity index (χ2n) is 2.48. The van der Waals surface area contributed by atoms with E-state index in [1.54, 1.807) is 7.05 Å². The van der Waals surface area contributed by atoms with Crippen LogP contribution in [0.2, 0.25) is 0 Å². The molecule has 72 valence electrons. The van der Waals surface area contributed by atoms with E-state index < -0.39 is 6.04 Å². The smallest absolute Gasteiger partial charge is 0.221 e. The first-order chi connectivity index (χ1) is 5.74. The molecule has 0 aliphatic carbocycles. The van der Waals surface area contributed by atoms with Crippen LogP contribution in [-0.2, 0) is 4.79 Å². The van der Waals surface area contributed by atoms with Gasteiger partial charge < -0.3 is 20.8 Å². The Morgan fingerprint density at radius 3 is 2.42 bits per heavy atom. The largest absolute Gasteiger partial charge is 0.394 e. The number of amides is 1. The van der Waals surface area contributed by atoms with Crippen molar-refractivity contribution in [2.24, 2.45) is 0 Å². The summed E-state index contributed by atoms with van der Waals surface area (Å²) in [5.74, 6) is -0.169. The SMILES string of the molecule is CNCCC(=O)NC(CO)CO. The molecule has 0 radical (unpaired) electrons. The van der Waals surface area contributed by atoms with Gasteiger partial charge in [0.1, 0.15) is 0 Å². The van der Waals surface area contributed by atoms with Crippen molar-refractivity contribution in [3.05, 3.63) is 0 Å². The van der Waals surface area contributed by atoms with Crippen LogP contribution < -0.4 is 10.6 Å². The third kappa shape index (κ3) is 5.06. The number of carbonyl (C=O) groups is 1. The summed E-state index contributed by atoms with van der Waals surface area (Å²) >= 11 is 0. The zero-order valence-electron chi connectivity index (χ0n) is 7.21. The van der Waals surface area contributed by atoms with E-state index in [1.807, 2.05) is 0 Å². The summed E-state index contributed by atoms with van der Waals surface area (Å²) in [6.45, 7) is 0.124. The van der Waals surface area contributed by atoms with E-state index in [0.717, 1.165) is 0 Å². The lowest BCUT2D eigenvalue weighted by atomic mass is 10.3.